The van der Waals surface area contributed by atoms with Crippen LogP contribution in [-0.2, 0) is 28.5 Å². The number of rotatable bonds is 7. The van der Waals surface area contributed by atoms with E-state index in [-0.39, 0.29) is 75.6 Å². The topological polar surface area (TPSA) is 155 Å². The summed E-state index contributed by atoms with van der Waals surface area (Å²) in [7, 11) is 0. The number of aliphatic hydroxyl groups is 4. The van der Waals surface area contributed by atoms with Gasteiger partial charge >= 0.3 is 5.97 Å². The number of aliphatic hydroxyl groups excluding tert-OH is 4. The van der Waals surface area contributed by atoms with Crippen molar-refractivity contribution in [2.24, 2.45) is 50.7 Å². The fourth-order valence-corrected chi connectivity index (χ4v) is 13.2. The molecule has 2 spiro atoms. The second kappa shape index (κ2) is 10.7. The minimum absolute atomic E-state index is 0.0512. The van der Waals surface area contributed by atoms with Crippen LogP contribution in [-0.4, -0.2) is 93.4 Å². The highest BCUT2D eigenvalue weighted by Crippen LogP contribution is 2.89. The largest absolute Gasteiger partial charge is 0.460 e. The molecule has 0 amide bonds. The highest BCUT2D eigenvalue weighted by atomic mass is 16.7. The first-order valence-electron chi connectivity index (χ1n) is 18.2. The highest BCUT2D eigenvalue weighted by Gasteiger charge is 2.84. The van der Waals surface area contributed by atoms with E-state index in [0.717, 1.165) is 44.9 Å². The van der Waals surface area contributed by atoms with Crippen molar-refractivity contribution in [2.75, 3.05) is 6.61 Å². The summed E-state index contributed by atoms with van der Waals surface area (Å²) in [5.41, 5.74) is -1.34. The molecule has 2 heterocycles. The summed E-state index contributed by atoms with van der Waals surface area (Å²) in [6, 6.07) is 0. The van der Waals surface area contributed by atoms with Crippen molar-refractivity contribution in [3.05, 3.63) is 0 Å². The Morgan fingerprint density at radius 1 is 0.936 bits per heavy atom. The molecule has 0 aromatic heterocycles. The second-order valence-corrected chi connectivity index (χ2v) is 18.4. The molecule has 3 unspecified atom stereocenters. The van der Waals surface area contributed by atoms with E-state index in [0.29, 0.717) is 12.3 Å². The Balaban J connectivity index is 1.12. The summed E-state index contributed by atoms with van der Waals surface area (Å²) in [5, 5.41) is 42.8. The molecule has 266 valence electrons. The van der Waals surface area contributed by atoms with Gasteiger partial charge in [-0.1, -0.05) is 34.6 Å². The van der Waals surface area contributed by atoms with E-state index in [4.69, 9.17) is 18.9 Å². The van der Waals surface area contributed by atoms with E-state index < -0.39 is 42.2 Å². The zero-order chi connectivity index (χ0) is 34.3. The molecule has 0 radical (unpaired) electrons. The van der Waals surface area contributed by atoms with Crippen molar-refractivity contribution in [2.45, 2.75) is 161 Å². The van der Waals surface area contributed by atoms with Gasteiger partial charge in [0.05, 0.1) is 18.3 Å². The lowest BCUT2D eigenvalue weighted by Crippen LogP contribution is -2.61. The summed E-state index contributed by atoms with van der Waals surface area (Å²) in [6.45, 7) is 16.4. The van der Waals surface area contributed by atoms with Gasteiger partial charge in [-0.3, -0.25) is 9.59 Å². The summed E-state index contributed by atoms with van der Waals surface area (Å²) >= 11 is 0. The molecular formula is C37H58O10. The lowest BCUT2D eigenvalue weighted by molar-refractivity contribution is -0.303. The van der Waals surface area contributed by atoms with Gasteiger partial charge in [0.2, 0.25) is 0 Å². The molecule has 5 saturated carbocycles. The first kappa shape index (κ1) is 34.3. The molecule has 4 N–H and O–H groups in total. The molecule has 47 heavy (non-hydrogen) atoms. The van der Waals surface area contributed by atoms with Gasteiger partial charge in [0.1, 0.15) is 36.6 Å². The third kappa shape index (κ3) is 4.53. The fraction of sp³-hybridized carbons (Fsp3) is 0.946. The average Bonchev–Trinajstić information content (AvgIpc) is 3.84. The van der Waals surface area contributed by atoms with Crippen molar-refractivity contribution in [3.8, 4) is 0 Å². The van der Waals surface area contributed by atoms with Crippen LogP contribution in [0.25, 0.3) is 0 Å². The van der Waals surface area contributed by atoms with Gasteiger partial charge in [-0.15, -0.1) is 0 Å². The van der Waals surface area contributed by atoms with Gasteiger partial charge in [-0.05, 0) is 105 Å². The Hall–Kier alpha value is -1.14. The average molecular weight is 663 g/mol. The van der Waals surface area contributed by atoms with Crippen molar-refractivity contribution in [1.29, 1.82) is 0 Å². The van der Waals surface area contributed by atoms with E-state index in [1.54, 1.807) is 0 Å². The number of ketones is 1. The summed E-state index contributed by atoms with van der Waals surface area (Å²) in [4.78, 5) is 26.3. The highest BCUT2D eigenvalue weighted by molar-refractivity contribution is 5.90. The number of carbonyl (C=O) groups is 2. The lowest BCUT2D eigenvalue weighted by Gasteiger charge is -2.63. The SMILES string of the molecule is CC(=O)O[C@@H](C[C@@H](C)C1C(=O)[C@@H](O)[C@@]2(C)C3CCC4C(C)(C)[C@@H](O[C@@H]5OC[C@@H](O)[C@H](O)[C@H]5O)CC[C@@]45C[C@@]35CC[C@]12C)[C@H]1OC1(C)C. The Morgan fingerprint density at radius 2 is 1.57 bits per heavy atom. The van der Waals surface area contributed by atoms with Crippen molar-refractivity contribution in [3.63, 3.8) is 0 Å². The monoisotopic (exact) mass is 662 g/mol. The molecule has 5 aliphatic carbocycles. The molecule has 7 fully saturated rings. The molecule has 7 rings (SSSR count). The van der Waals surface area contributed by atoms with Gasteiger partial charge in [0.25, 0.3) is 0 Å². The number of carbonyl (C=O) groups excluding carboxylic acids is 2. The van der Waals surface area contributed by atoms with Gasteiger partial charge in [0, 0.05) is 18.3 Å². The fourth-order valence-electron chi connectivity index (χ4n) is 13.2. The number of fused-ring (bicyclic) bond motifs is 2. The molecule has 2 aliphatic heterocycles. The Morgan fingerprint density at radius 3 is 2.21 bits per heavy atom. The molecule has 0 aromatic rings. The molecule has 0 aromatic carbocycles. The maximum atomic E-state index is 14.2. The number of hydrogen-bond donors (Lipinski definition) is 4. The zero-order valence-electron chi connectivity index (χ0n) is 29.5. The summed E-state index contributed by atoms with van der Waals surface area (Å²) < 4.78 is 23.7. The van der Waals surface area contributed by atoms with Crippen LogP contribution >= 0.6 is 0 Å². The first-order chi connectivity index (χ1) is 21.8. The quantitative estimate of drug-likeness (QED) is 0.181. The van der Waals surface area contributed by atoms with Crippen LogP contribution < -0.4 is 0 Å². The summed E-state index contributed by atoms with van der Waals surface area (Å²) in [5.74, 6) is -0.211. The molecular weight excluding hydrogens is 604 g/mol. The Kier molecular flexibility index (Phi) is 7.80. The van der Waals surface area contributed by atoms with Crippen LogP contribution in [0.3, 0.4) is 0 Å². The Labute approximate surface area is 279 Å². The minimum Gasteiger partial charge on any atom is -0.460 e. The molecule has 2 saturated heterocycles. The standard InChI is InChI=1S/C37H58O10/c1-18(15-21(45-19(2)38)30-33(5,6)47-30)25-27(41)29(43)35(8)23-10-9-22-32(3,4)24(46-31-28(42)26(40)20(39)16-44-31)11-12-36(22)17-37(23,36)14-13-34(25,35)7/h18,20-26,28-31,39-40,42-43H,9-17H2,1-8H3/t18-,20-,21+,22?,23?,24+,25?,26+,28-,29-,30-,31+,34-,35-,36-,37+/m1/s1. The number of hydrogen-bond acceptors (Lipinski definition) is 10. The number of epoxide rings is 1. The number of Topliss-reactive ketones (excluding diaryl/α,β-unsaturated/α-hetero) is 1. The predicted octanol–water partition coefficient (Wildman–Crippen LogP) is 3.53. The van der Waals surface area contributed by atoms with Crippen LogP contribution in [0, 0.1) is 50.7 Å². The van der Waals surface area contributed by atoms with E-state index in [1.807, 2.05) is 13.8 Å². The normalized spacial score (nSPS) is 53.5. The van der Waals surface area contributed by atoms with E-state index >= 15 is 0 Å². The Bertz CT molecular complexity index is 1300. The van der Waals surface area contributed by atoms with Crippen molar-refractivity contribution >= 4 is 11.8 Å². The minimum atomic E-state index is -1.31. The first-order valence-corrected chi connectivity index (χ1v) is 18.2. The number of ether oxygens (including phenoxy) is 4. The van der Waals surface area contributed by atoms with Crippen LogP contribution in [0.5, 0.6) is 0 Å². The van der Waals surface area contributed by atoms with Crippen molar-refractivity contribution < 1.29 is 49.0 Å². The van der Waals surface area contributed by atoms with Gasteiger partial charge < -0.3 is 39.4 Å². The van der Waals surface area contributed by atoms with Gasteiger partial charge in [-0.25, -0.2) is 0 Å². The maximum Gasteiger partial charge on any atom is 0.302 e. The molecule has 16 atom stereocenters. The predicted molar refractivity (Wildman–Crippen MR) is 170 cm³/mol. The van der Waals surface area contributed by atoms with Crippen molar-refractivity contribution in [1.82, 2.24) is 0 Å². The second-order valence-electron chi connectivity index (χ2n) is 18.4. The van der Waals surface area contributed by atoms with E-state index in [1.165, 1.54) is 6.92 Å². The van der Waals surface area contributed by atoms with E-state index in [9.17, 15) is 30.0 Å². The smallest absolute Gasteiger partial charge is 0.302 e. The summed E-state index contributed by atoms with van der Waals surface area (Å²) in [6.07, 6.45) is 0.666. The van der Waals surface area contributed by atoms with Crippen LogP contribution in [0.15, 0.2) is 0 Å². The third-order valence-corrected chi connectivity index (χ3v) is 15.7. The zero-order valence-corrected chi connectivity index (χ0v) is 29.5. The lowest BCUT2D eigenvalue weighted by atomic mass is 9.41. The molecule has 10 nitrogen and oxygen atoms in total. The molecule has 0 bridgehead atoms. The third-order valence-electron chi connectivity index (χ3n) is 15.7. The van der Waals surface area contributed by atoms with Crippen LogP contribution in [0.4, 0.5) is 0 Å². The van der Waals surface area contributed by atoms with Gasteiger partial charge in [-0.2, -0.15) is 0 Å². The molecule has 10 heteroatoms. The van der Waals surface area contributed by atoms with E-state index in [2.05, 4.69) is 34.6 Å². The van der Waals surface area contributed by atoms with Crippen LogP contribution in [0.1, 0.15) is 107 Å². The molecule has 7 aliphatic rings. The van der Waals surface area contributed by atoms with Gasteiger partial charge in [0.15, 0.2) is 12.1 Å². The van der Waals surface area contributed by atoms with Crippen LogP contribution in [0.2, 0.25) is 0 Å². The number of esters is 1. The maximum absolute atomic E-state index is 14.2.